The Morgan fingerprint density at radius 3 is 2.63 bits per heavy atom. The highest BCUT2D eigenvalue weighted by Gasteiger charge is 2.38. The lowest BCUT2D eigenvalue weighted by Crippen LogP contribution is -2.20. The summed E-state index contributed by atoms with van der Waals surface area (Å²) in [6.45, 7) is 1.49. The van der Waals surface area contributed by atoms with Crippen LogP contribution < -0.4 is 16.1 Å². The molecule has 1 fully saturated rings. The van der Waals surface area contributed by atoms with Crippen molar-refractivity contribution < 1.29 is 9.59 Å². The van der Waals surface area contributed by atoms with Crippen LogP contribution in [-0.2, 0) is 9.59 Å². The maximum Gasteiger partial charge on any atom is 0.275 e. The van der Waals surface area contributed by atoms with Crippen molar-refractivity contribution in [3.63, 3.8) is 0 Å². The lowest BCUT2D eigenvalue weighted by atomic mass is 10.0. The van der Waals surface area contributed by atoms with E-state index in [4.69, 9.17) is 0 Å². The first-order chi connectivity index (χ1) is 14.6. The predicted octanol–water partition coefficient (Wildman–Crippen LogP) is 4.35. The van der Waals surface area contributed by atoms with E-state index in [0.29, 0.717) is 11.5 Å². The molecule has 0 aromatic heterocycles. The van der Waals surface area contributed by atoms with E-state index in [0.717, 1.165) is 51.0 Å². The molecule has 0 spiro atoms. The highest BCUT2D eigenvalue weighted by Crippen LogP contribution is 2.43. The van der Waals surface area contributed by atoms with Crippen LogP contribution in [0.2, 0.25) is 0 Å². The number of nitrogens with one attached hydrogen (secondary N) is 3. The molecule has 2 aromatic carbocycles. The number of fused-ring (bicyclic) bond motifs is 1. The molecule has 0 saturated heterocycles. The second-order valence-corrected chi connectivity index (χ2v) is 8.60. The number of carbonyl (C=O) groups is 2. The average Bonchev–Trinajstić information content (AvgIpc) is 3.50. The zero-order valence-electron chi connectivity index (χ0n) is 16.4. The molecule has 0 radical (unpaired) electrons. The van der Waals surface area contributed by atoms with Crippen molar-refractivity contribution in [1.82, 2.24) is 5.43 Å². The van der Waals surface area contributed by atoms with Gasteiger partial charge in [0.25, 0.3) is 5.91 Å². The fourth-order valence-corrected chi connectivity index (χ4v) is 4.60. The molecule has 30 heavy (non-hydrogen) atoms. The topological polar surface area (TPSA) is 82.6 Å². The third-order valence-corrected chi connectivity index (χ3v) is 6.20. The van der Waals surface area contributed by atoms with E-state index in [-0.39, 0.29) is 11.8 Å². The van der Waals surface area contributed by atoms with Crippen LogP contribution in [0.15, 0.2) is 75.9 Å². The Morgan fingerprint density at radius 2 is 1.90 bits per heavy atom. The normalized spacial score (nSPS) is 20.0. The van der Waals surface area contributed by atoms with Crippen LogP contribution in [0.5, 0.6) is 0 Å². The van der Waals surface area contributed by atoms with Gasteiger partial charge in [-0.2, -0.15) is 5.10 Å². The summed E-state index contributed by atoms with van der Waals surface area (Å²) in [5.41, 5.74) is 7.74. The van der Waals surface area contributed by atoms with Crippen molar-refractivity contribution in [3.8, 4) is 0 Å². The van der Waals surface area contributed by atoms with E-state index in [2.05, 4.69) is 27.2 Å². The van der Waals surface area contributed by atoms with Crippen molar-refractivity contribution in [2.24, 2.45) is 11.0 Å². The standard InChI is InChI=1S/C23H20N4O2S/c1-13(28)24-15-8-10-16(11-9-15)30-20-12-19(25-18-5-3-2-4-17(18)20)21-22(14-6-7-14)26-27-23(21)29/h2-5,8-12,14,25H,6-7H2,1H3,(H,24,28)(H,27,29)/b21-19-. The molecule has 5 rings (SSSR count). The number of hydrogen-bond donors (Lipinski definition) is 3. The molecule has 2 aliphatic heterocycles. The molecule has 3 N–H and O–H groups in total. The summed E-state index contributed by atoms with van der Waals surface area (Å²) >= 11 is 1.63. The van der Waals surface area contributed by atoms with Crippen LogP contribution in [0.25, 0.3) is 4.91 Å². The van der Waals surface area contributed by atoms with Gasteiger partial charge in [0, 0.05) is 39.6 Å². The summed E-state index contributed by atoms with van der Waals surface area (Å²) in [7, 11) is 0. The van der Waals surface area contributed by atoms with Crippen LogP contribution in [0.4, 0.5) is 11.4 Å². The number of amides is 2. The van der Waals surface area contributed by atoms with Gasteiger partial charge in [-0.05, 0) is 49.2 Å². The minimum Gasteiger partial charge on any atom is -0.354 e. The second-order valence-electron chi connectivity index (χ2n) is 7.49. The molecule has 0 atom stereocenters. The van der Waals surface area contributed by atoms with E-state index in [1.165, 1.54) is 6.92 Å². The molecular formula is C23H20N4O2S. The Bertz CT molecular complexity index is 1140. The van der Waals surface area contributed by atoms with Gasteiger partial charge in [-0.1, -0.05) is 30.0 Å². The number of allylic oxidation sites excluding steroid dienone is 1. The van der Waals surface area contributed by atoms with Crippen LogP contribution in [0.3, 0.4) is 0 Å². The Labute approximate surface area is 178 Å². The fourth-order valence-electron chi connectivity index (χ4n) is 3.60. The molecule has 0 unspecified atom stereocenters. The summed E-state index contributed by atoms with van der Waals surface area (Å²) in [6.07, 6.45) is 4.19. The zero-order valence-corrected chi connectivity index (χ0v) is 17.2. The monoisotopic (exact) mass is 416 g/mol. The van der Waals surface area contributed by atoms with Gasteiger partial charge in [0.15, 0.2) is 0 Å². The smallest absolute Gasteiger partial charge is 0.275 e. The van der Waals surface area contributed by atoms with Crippen LogP contribution >= 0.6 is 11.8 Å². The molecule has 2 amide bonds. The van der Waals surface area contributed by atoms with Crippen LogP contribution in [0, 0.1) is 5.92 Å². The van der Waals surface area contributed by atoms with Gasteiger partial charge in [-0.25, -0.2) is 5.43 Å². The van der Waals surface area contributed by atoms with E-state index in [1.807, 2.05) is 48.5 Å². The van der Waals surface area contributed by atoms with Crippen LogP contribution in [-0.4, -0.2) is 17.5 Å². The van der Waals surface area contributed by atoms with Gasteiger partial charge < -0.3 is 10.6 Å². The fraction of sp³-hybridized carbons (Fsp3) is 0.174. The Kier molecular flexibility index (Phi) is 4.67. The van der Waals surface area contributed by atoms with Gasteiger partial charge in [0.05, 0.1) is 17.0 Å². The Hall–Kier alpha value is -3.32. The molecular weight excluding hydrogens is 396 g/mol. The van der Waals surface area contributed by atoms with Gasteiger partial charge in [0.1, 0.15) is 0 Å². The molecule has 1 aliphatic carbocycles. The number of rotatable bonds is 4. The summed E-state index contributed by atoms with van der Waals surface area (Å²) < 4.78 is 0. The highest BCUT2D eigenvalue weighted by atomic mass is 32.2. The predicted molar refractivity (Wildman–Crippen MR) is 120 cm³/mol. The lowest BCUT2D eigenvalue weighted by molar-refractivity contribution is -0.116. The number of thioether (sulfide) groups is 1. The SMILES string of the molecule is CC(=O)Nc1ccc(SC2=C/C(=C3/C(=O)NN=C3C3CC3)Nc3ccccc32)cc1. The number of nitrogens with zero attached hydrogens (tertiary/aromatic N) is 1. The maximum atomic E-state index is 12.5. The van der Waals surface area contributed by atoms with Crippen molar-refractivity contribution in [3.05, 3.63) is 71.4 Å². The summed E-state index contributed by atoms with van der Waals surface area (Å²) in [4.78, 5) is 25.9. The number of hydrogen-bond acceptors (Lipinski definition) is 5. The van der Waals surface area contributed by atoms with Crippen molar-refractivity contribution in [2.75, 3.05) is 10.6 Å². The van der Waals surface area contributed by atoms with Gasteiger partial charge in [0.2, 0.25) is 5.91 Å². The van der Waals surface area contributed by atoms with Crippen LogP contribution in [0.1, 0.15) is 25.3 Å². The minimum absolute atomic E-state index is 0.0929. The van der Waals surface area contributed by atoms with Gasteiger partial charge >= 0.3 is 0 Å². The van der Waals surface area contributed by atoms with Crippen molar-refractivity contribution in [1.29, 1.82) is 0 Å². The zero-order chi connectivity index (χ0) is 20.7. The molecule has 0 bridgehead atoms. The van der Waals surface area contributed by atoms with Crippen molar-refractivity contribution in [2.45, 2.75) is 24.7 Å². The second kappa shape index (κ2) is 7.50. The van der Waals surface area contributed by atoms with E-state index < -0.39 is 0 Å². The highest BCUT2D eigenvalue weighted by molar-refractivity contribution is 8.08. The summed E-state index contributed by atoms with van der Waals surface area (Å²) in [5.74, 6) is 0.125. The largest absolute Gasteiger partial charge is 0.354 e. The van der Waals surface area contributed by atoms with Gasteiger partial charge in [-0.3, -0.25) is 9.59 Å². The first-order valence-electron chi connectivity index (χ1n) is 9.84. The Morgan fingerprint density at radius 1 is 1.13 bits per heavy atom. The average molecular weight is 417 g/mol. The van der Waals surface area contributed by atoms with E-state index >= 15 is 0 Å². The van der Waals surface area contributed by atoms with Gasteiger partial charge in [-0.15, -0.1) is 0 Å². The molecule has 7 heteroatoms. The third kappa shape index (κ3) is 3.64. The molecule has 3 aliphatic rings. The Balaban J connectivity index is 1.51. The number of para-hydroxylation sites is 1. The molecule has 1 saturated carbocycles. The molecule has 2 aromatic rings. The first kappa shape index (κ1) is 18.7. The van der Waals surface area contributed by atoms with Crippen molar-refractivity contribution >= 4 is 45.6 Å². The van der Waals surface area contributed by atoms with E-state index in [1.54, 1.807) is 11.8 Å². The minimum atomic E-state index is -0.154. The number of carbonyl (C=O) groups excluding carboxylic acids is 2. The molecule has 150 valence electrons. The third-order valence-electron chi connectivity index (χ3n) is 5.13. The van der Waals surface area contributed by atoms with E-state index in [9.17, 15) is 9.59 Å². The summed E-state index contributed by atoms with van der Waals surface area (Å²) in [6, 6.07) is 15.8. The molecule has 6 nitrogen and oxygen atoms in total. The summed E-state index contributed by atoms with van der Waals surface area (Å²) in [5, 5.41) is 10.5. The number of benzene rings is 2. The first-order valence-corrected chi connectivity index (χ1v) is 10.7. The lowest BCUT2D eigenvalue weighted by Gasteiger charge is -2.22. The maximum absolute atomic E-state index is 12.5. The number of hydrazone groups is 1. The molecule has 2 heterocycles. The number of anilines is 2. The quantitative estimate of drug-likeness (QED) is 0.647.